The molecule has 4 rings (SSSR count). The van der Waals surface area contributed by atoms with Crippen molar-refractivity contribution in [3.8, 4) is 5.75 Å². The molecule has 0 unspecified atom stereocenters. The van der Waals surface area contributed by atoms with Crippen molar-refractivity contribution >= 4 is 50.8 Å². The van der Waals surface area contributed by atoms with Crippen molar-refractivity contribution < 1.29 is 33.4 Å². The van der Waals surface area contributed by atoms with Crippen LogP contribution in [0.5, 0.6) is 5.75 Å². The Morgan fingerprint density at radius 2 is 1.95 bits per heavy atom. The number of hydrogen-bond acceptors (Lipinski definition) is 11. The van der Waals surface area contributed by atoms with Crippen LogP contribution in [0.1, 0.15) is 18.9 Å². The highest BCUT2D eigenvalue weighted by Crippen LogP contribution is 2.47. The van der Waals surface area contributed by atoms with E-state index in [0.717, 1.165) is 24.5 Å². The van der Waals surface area contributed by atoms with Crippen LogP contribution >= 0.6 is 23.1 Å². The molecule has 10 nitrogen and oxygen atoms in total. The van der Waals surface area contributed by atoms with Gasteiger partial charge >= 0.3 is 0 Å². The number of hydrogen-bond donors (Lipinski definition) is 1. The van der Waals surface area contributed by atoms with Crippen molar-refractivity contribution in [3.63, 3.8) is 0 Å². The third kappa shape index (κ3) is 8.21. The number of ether oxygens (including phenoxy) is 3. The molecule has 12 heteroatoms. The number of hydroxylamine groups is 1. The Kier molecular flexibility index (Phi) is 12.3. The molecule has 1 aliphatic rings. The lowest BCUT2D eigenvalue weighted by molar-refractivity contribution is -0.665. The first-order valence-electron chi connectivity index (χ1n) is 13.5. The van der Waals surface area contributed by atoms with E-state index in [9.17, 15) is 0 Å². The molecule has 0 saturated heterocycles. The Balaban J connectivity index is 1.43. The van der Waals surface area contributed by atoms with E-state index >= 15 is 0 Å². The zero-order valence-corrected chi connectivity index (χ0v) is 25.9. The lowest BCUT2D eigenvalue weighted by Crippen LogP contribution is -2.33. The van der Waals surface area contributed by atoms with Crippen LogP contribution in [0.4, 0.5) is 11.4 Å². The second kappa shape index (κ2) is 16.1. The second-order valence-corrected chi connectivity index (χ2v) is 10.9. The van der Waals surface area contributed by atoms with Crippen molar-refractivity contribution in [1.29, 1.82) is 0 Å². The number of rotatable bonds is 17. The number of thioether (sulfide) groups is 1. The Morgan fingerprint density at radius 1 is 1.07 bits per heavy atom. The molecular weight excluding hydrogens is 564 g/mol. The predicted octanol–water partition coefficient (Wildman–Crippen LogP) is 5.15. The predicted molar refractivity (Wildman–Crippen MR) is 164 cm³/mol. The summed E-state index contributed by atoms with van der Waals surface area (Å²) in [6.45, 7) is 7.52. The molecule has 0 bridgehead atoms. The van der Waals surface area contributed by atoms with Gasteiger partial charge in [-0.25, -0.2) is 14.6 Å². The molecule has 0 atom stereocenters. The minimum Gasteiger partial charge on any atom is -0.491 e. The Labute approximate surface area is 249 Å². The number of anilines is 2. The number of benzene rings is 2. The van der Waals surface area contributed by atoms with E-state index in [-0.39, 0.29) is 13.6 Å². The summed E-state index contributed by atoms with van der Waals surface area (Å²) >= 11 is 3.51. The van der Waals surface area contributed by atoms with Crippen LogP contribution in [0, 0.1) is 0 Å². The highest BCUT2D eigenvalue weighted by Gasteiger charge is 2.24. The summed E-state index contributed by atoms with van der Waals surface area (Å²) in [5.41, 5.74) is 3.34. The molecule has 0 radical (unpaired) electrons. The summed E-state index contributed by atoms with van der Waals surface area (Å²) in [5.74, 6) is 0.813. The maximum atomic E-state index is 5.85. The normalized spacial score (nSPS) is 14.1. The van der Waals surface area contributed by atoms with E-state index in [4.69, 9.17) is 28.8 Å². The molecule has 1 aromatic heterocycles. The maximum Gasteiger partial charge on any atom is 0.262 e. The monoisotopic (exact) mass is 603 g/mol. The van der Waals surface area contributed by atoms with Gasteiger partial charge in [0.2, 0.25) is 5.52 Å². The molecule has 0 saturated carbocycles. The number of aryl methyl sites for hydroxylation is 1. The van der Waals surface area contributed by atoms with Crippen molar-refractivity contribution in [1.82, 2.24) is 5.32 Å². The number of fused-ring (bicyclic) bond motifs is 2. The molecule has 222 valence electrons. The lowest BCUT2D eigenvalue weighted by atomic mass is 10.2. The minimum absolute atomic E-state index is 0.122. The van der Waals surface area contributed by atoms with Gasteiger partial charge in [0.15, 0.2) is 6.79 Å². The van der Waals surface area contributed by atoms with Crippen LogP contribution in [0.15, 0.2) is 58.5 Å². The van der Waals surface area contributed by atoms with Crippen LogP contribution in [0.3, 0.4) is 0 Å². The Morgan fingerprint density at radius 3 is 2.73 bits per heavy atom. The van der Waals surface area contributed by atoms with Crippen molar-refractivity contribution in [3.05, 3.63) is 58.6 Å². The number of nitrogens with zero attached hydrogens (tertiary/aromatic N) is 3. The highest BCUT2D eigenvalue weighted by atomic mass is 32.2. The summed E-state index contributed by atoms with van der Waals surface area (Å²) in [4.78, 5) is 19.1. The fourth-order valence-electron chi connectivity index (χ4n) is 4.24. The van der Waals surface area contributed by atoms with E-state index in [2.05, 4.69) is 77.2 Å². The largest absolute Gasteiger partial charge is 0.491 e. The number of thiazole rings is 1. The summed E-state index contributed by atoms with van der Waals surface area (Å²) in [6.07, 6.45) is 6.50. The summed E-state index contributed by atoms with van der Waals surface area (Å²) in [7, 11) is 5.24. The smallest absolute Gasteiger partial charge is 0.262 e. The number of nitrogens with one attached hydrogen (secondary N) is 1. The van der Waals surface area contributed by atoms with Crippen LogP contribution in [0.25, 0.3) is 16.3 Å². The molecule has 1 N–H and O–H groups in total. The van der Waals surface area contributed by atoms with Gasteiger partial charge in [-0.1, -0.05) is 29.2 Å². The second-order valence-electron chi connectivity index (χ2n) is 8.82. The van der Waals surface area contributed by atoms with E-state index in [0.29, 0.717) is 19.9 Å². The molecule has 2 heterocycles. The van der Waals surface area contributed by atoms with Gasteiger partial charge in [0, 0.05) is 37.7 Å². The SMILES string of the molecule is CCN1C(=CC=Cc2sc3cc(N(C)OCOCOC)ccc3[n+]2CC)Sc2cc(OCCOOCNC)ccc21. The highest BCUT2D eigenvalue weighted by molar-refractivity contribution is 8.03. The fraction of sp³-hybridized carbons (Fsp3) is 0.414. The third-order valence-corrected chi connectivity index (χ3v) is 8.37. The van der Waals surface area contributed by atoms with E-state index in [1.165, 1.54) is 30.8 Å². The molecule has 0 spiro atoms. The zero-order chi connectivity index (χ0) is 29.0. The van der Waals surface area contributed by atoms with Crippen LogP contribution in [0.2, 0.25) is 0 Å². The van der Waals surface area contributed by atoms with Crippen molar-refractivity contribution in [2.45, 2.75) is 25.3 Å². The summed E-state index contributed by atoms with van der Waals surface area (Å²) in [5, 5.41) is 6.93. The molecular formula is C29H39N4O6S2+. The van der Waals surface area contributed by atoms with Gasteiger partial charge < -0.3 is 19.1 Å². The first-order valence-corrected chi connectivity index (χ1v) is 15.1. The average Bonchev–Trinajstić information content (AvgIpc) is 3.52. The lowest BCUT2D eigenvalue weighted by Gasteiger charge is -2.18. The maximum absolute atomic E-state index is 5.85. The molecule has 1 aliphatic heterocycles. The van der Waals surface area contributed by atoms with Crippen LogP contribution < -0.4 is 24.6 Å². The summed E-state index contributed by atoms with van der Waals surface area (Å²) in [6, 6.07) is 12.5. The Hall–Kier alpha value is -2.68. The molecule has 0 aliphatic carbocycles. The first kappa shape index (κ1) is 31.3. The number of allylic oxidation sites excluding steroid dienone is 2. The molecule has 41 heavy (non-hydrogen) atoms. The summed E-state index contributed by atoms with van der Waals surface area (Å²) < 4.78 is 19.5. The van der Waals surface area contributed by atoms with Gasteiger partial charge in [-0.15, -0.1) is 0 Å². The minimum atomic E-state index is 0.122. The van der Waals surface area contributed by atoms with E-state index in [1.54, 1.807) is 42.3 Å². The first-order chi connectivity index (χ1) is 20.1. The van der Waals surface area contributed by atoms with E-state index in [1.807, 2.05) is 13.1 Å². The van der Waals surface area contributed by atoms with Gasteiger partial charge in [-0.3, -0.25) is 10.4 Å². The van der Waals surface area contributed by atoms with Gasteiger partial charge in [0.05, 0.1) is 16.4 Å². The standard InChI is InChI=1S/C29H39N4O6S2/c1-6-32-24-13-11-22(31(4)37-21-35-20-34-5)17-26(24)40-28(32)9-8-10-29-33(7-2)25-14-12-23(18-27(25)41-29)36-15-16-38-39-19-30-3/h8-14,17-18,30H,6-7,15-16,19-21H2,1-5H3/q+1. The van der Waals surface area contributed by atoms with Crippen LogP contribution in [-0.2, 0) is 30.6 Å². The van der Waals surface area contributed by atoms with E-state index < -0.39 is 0 Å². The van der Waals surface area contributed by atoms with Gasteiger partial charge in [0.25, 0.3) is 5.01 Å². The van der Waals surface area contributed by atoms with Gasteiger partial charge in [-0.2, -0.15) is 4.57 Å². The molecule has 2 aromatic carbocycles. The quantitative estimate of drug-likeness (QED) is 0.0737. The van der Waals surface area contributed by atoms with Gasteiger partial charge in [0.1, 0.15) is 43.7 Å². The number of aromatic nitrogens is 1. The molecule has 0 amide bonds. The van der Waals surface area contributed by atoms with Crippen molar-refractivity contribution in [2.24, 2.45) is 0 Å². The Bertz CT molecular complexity index is 1330. The topological polar surface area (TPSA) is 77.8 Å². The average molecular weight is 604 g/mol. The molecule has 3 aromatic rings. The third-order valence-electron chi connectivity index (χ3n) is 6.14. The van der Waals surface area contributed by atoms with Crippen LogP contribution in [-0.4, -0.2) is 61.3 Å². The van der Waals surface area contributed by atoms with Gasteiger partial charge in [-0.05, 0) is 57.3 Å². The van der Waals surface area contributed by atoms with Crippen molar-refractivity contribution in [2.75, 3.05) is 71.2 Å². The molecule has 0 fully saturated rings. The number of methoxy groups -OCH3 is 1. The fourth-order valence-corrected chi connectivity index (χ4v) is 6.58. The zero-order valence-electron chi connectivity index (χ0n) is 24.3.